The Balaban J connectivity index is 1.28. The topological polar surface area (TPSA) is 50.4 Å². The molecule has 0 bridgehead atoms. The maximum atomic E-state index is 12.3. The zero-order chi connectivity index (χ0) is 22.3. The Morgan fingerprint density at radius 2 is 1.94 bits per heavy atom. The third-order valence-corrected chi connectivity index (χ3v) is 11.4. The molecule has 3 aliphatic carbocycles. The summed E-state index contributed by atoms with van der Waals surface area (Å²) in [6.45, 7) is 11.8. The van der Waals surface area contributed by atoms with Crippen molar-refractivity contribution in [2.45, 2.75) is 103 Å². The van der Waals surface area contributed by atoms with Gasteiger partial charge in [0.15, 0.2) is 0 Å². The van der Waals surface area contributed by atoms with E-state index in [1.165, 1.54) is 44.9 Å². The molecule has 2 N–H and O–H groups in total. The van der Waals surface area contributed by atoms with Gasteiger partial charge in [-0.3, -0.25) is 4.79 Å². The van der Waals surface area contributed by atoms with E-state index in [2.05, 4.69) is 38.3 Å². The highest BCUT2D eigenvalue weighted by atomic mass is 16.5. The summed E-state index contributed by atoms with van der Waals surface area (Å²) in [4.78, 5) is 12.3. The smallest absolute Gasteiger partial charge is 0.220 e. The molecule has 4 nitrogen and oxygen atoms in total. The second-order valence-electron chi connectivity index (χ2n) is 13.0. The summed E-state index contributed by atoms with van der Waals surface area (Å²) < 4.78 is 7.02. The fourth-order valence-electron chi connectivity index (χ4n) is 9.59. The first-order valence-corrected chi connectivity index (χ1v) is 13.7. The van der Waals surface area contributed by atoms with Crippen LogP contribution in [0.25, 0.3) is 0 Å². The molecular formula is C28H44N2O2. The number of rotatable bonds is 0. The number of ether oxygens (including phenoxy) is 1. The number of fused-ring (bicyclic) bond motifs is 6. The van der Waals surface area contributed by atoms with Crippen molar-refractivity contribution in [3.05, 3.63) is 11.1 Å². The van der Waals surface area contributed by atoms with E-state index in [4.69, 9.17) is 4.74 Å². The fourth-order valence-corrected chi connectivity index (χ4v) is 9.59. The molecule has 1 spiro atoms. The van der Waals surface area contributed by atoms with Crippen molar-refractivity contribution >= 4 is 5.91 Å². The van der Waals surface area contributed by atoms with Crippen LogP contribution in [0.5, 0.6) is 0 Å². The largest absolute Gasteiger partial charge is 0.369 e. The zero-order valence-corrected chi connectivity index (χ0v) is 20.7. The molecule has 10 unspecified atom stereocenters. The summed E-state index contributed by atoms with van der Waals surface area (Å²) in [6, 6.07) is 0.542. The van der Waals surface area contributed by atoms with Crippen molar-refractivity contribution in [3.63, 3.8) is 0 Å². The molecule has 2 saturated carbocycles. The third kappa shape index (κ3) is 3.11. The van der Waals surface area contributed by atoms with Crippen LogP contribution in [0.4, 0.5) is 0 Å². The van der Waals surface area contributed by atoms with Crippen LogP contribution in [-0.2, 0) is 9.53 Å². The number of allylic oxidation sites excluding steroid dienone is 1. The maximum Gasteiger partial charge on any atom is 0.220 e. The second kappa shape index (κ2) is 7.57. The van der Waals surface area contributed by atoms with Crippen LogP contribution in [0.1, 0.15) is 85.5 Å². The van der Waals surface area contributed by atoms with E-state index in [0.29, 0.717) is 35.3 Å². The minimum atomic E-state index is 0.0447. The second-order valence-corrected chi connectivity index (χ2v) is 13.0. The number of hydrogen-bond acceptors (Lipinski definition) is 3. The van der Waals surface area contributed by atoms with Gasteiger partial charge in [0.25, 0.3) is 0 Å². The Morgan fingerprint density at radius 3 is 2.78 bits per heavy atom. The van der Waals surface area contributed by atoms with Gasteiger partial charge in [0.2, 0.25) is 5.91 Å². The number of amides is 1. The van der Waals surface area contributed by atoms with Crippen molar-refractivity contribution in [3.8, 4) is 0 Å². The maximum absolute atomic E-state index is 12.3. The van der Waals surface area contributed by atoms with E-state index >= 15 is 0 Å². The third-order valence-electron chi connectivity index (χ3n) is 11.4. The molecule has 10 atom stereocenters. The number of carbonyl (C=O) groups is 1. The molecular weight excluding hydrogens is 396 g/mol. The van der Waals surface area contributed by atoms with Crippen molar-refractivity contribution in [1.29, 1.82) is 0 Å². The monoisotopic (exact) mass is 440 g/mol. The summed E-state index contributed by atoms with van der Waals surface area (Å²) >= 11 is 0. The lowest BCUT2D eigenvalue weighted by Gasteiger charge is -2.49. The van der Waals surface area contributed by atoms with Crippen molar-refractivity contribution < 1.29 is 9.53 Å². The summed E-state index contributed by atoms with van der Waals surface area (Å²) in [5, 5.41) is 7.03. The predicted octanol–water partition coefficient (Wildman–Crippen LogP) is 4.84. The van der Waals surface area contributed by atoms with Gasteiger partial charge in [-0.05, 0) is 99.8 Å². The molecule has 6 rings (SSSR count). The Bertz CT molecular complexity index is 822. The molecule has 178 valence electrons. The number of nitrogens with one attached hydrogen (secondary N) is 2. The highest BCUT2D eigenvalue weighted by Crippen LogP contribution is 2.64. The summed E-state index contributed by atoms with van der Waals surface area (Å²) in [6.07, 6.45) is 11.1. The van der Waals surface area contributed by atoms with Crippen LogP contribution in [0, 0.1) is 40.9 Å². The minimum Gasteiger partial charge on any atom is -0.369 e. The van der Waals surface area contributed by atoms with E-state index < -0.39 is 0 Å². The van der Waals surface area contributed by atoms with Crippen LogP contribution < -0.4 is 10.6 Å². The lowest BCUT2D eigenvalue weighted by molar-refractivity contribution is -0.122. The summed E-state index contributed by atoms with van der Waals surface area (Å²) in [5.41, 5.74) is 3.83. The molecule has 1 amide bonds. The van der Waals surface area contributed by atoms with Crippen LogP contribution in [0.3, 0.4) is 0 Å². The molecule has 6 aliphatic rings. The molecule has 0 aromatic rings. The van der Waals surface area contributed by atoms with Crippen LogP contribution in [0.2, 0.25) is 0 Å². The van der Waals surface area contributed by atoms with Gasteiger partial charge in [0.1, 0.15) is 0 Å². The first kappa shape index (κ1) is 21.6. The summed E-state index contributed by atoms with van der Waals surface area (Å²) in [7, 11) is 0. The van der Waals surface area contributed by atoms with Gasteiger partial charge in [-0.2, -0.15) is 0 Å². The lowest BCUT2D eigenvalue weighted by atomic mass is 9.55. The van der Waals surface area contributed by atoms with E-state index in [-0.39, 0.29) is 5.60 Å². The van der Waals surface area contributed by atoms with E-state index in [0.717, 1.165) is 49.6 Å². The standard InChI is InChI=1S/C28H44N2O2/c1-16-11-24-26(30-15-16)18(3)28(32-24)8-7-20-21-6-5-19-12-25(31)29-10-9-27(19,4)23(21)13-22(20)17(2)14-28/h16,18-21,23-24,26,30H,5-15H2,1-4H3,(H,29,31). The van der Waals surface area contributed by atoms with Crippen LogP contribution in [0.15, 0.2) is 11.1 Å². The highest BCUT2D eigenvalue weighted by Gasteiger charge is 2.59. The van der Waals surface area contributed by atoms with Crippen molar-refractivity contribution in [2.75, 3.05) is 13.1 Å². The average Bonchev–Trinajstić information content (AvgIpc) is 3.14. The Labute approximate surface area is 194 Å². The Morgan fingerprint density at radius 1 is 1.09 bits per heavy atom. The van der Waals surface area contributed by atoms with Gasteiger partial charge in [-0.1, -0.05) is 31.9 Å². The Hall–Kier alpha value is -0.870. The normalized spacial score (nSPS) is 53.1. The van der Waals surface area contributed by atoms with Gasteiger partial charge >= 0.3 is 0 Å². The van der Waals surface area contributed by atoms with Crippen LogP contribution >= 0.6 is 0 Å². The van der Waals surface area contributed by atoms with Gasteiger partial charge in [-0.25, -0.2) is 0 Å². The Kier molecular flexibility index (Phi) is 5.12. The molecule has 5 fully saturated rings. The summed E-state index contributed by atoms with van der Waals surface area (Å²) in [5.74, 6) is 4.54. The molecule has 0 aromatic carbocycles. The van der Waals surface area contributed by atoms with E-state index in [1.54, 1.807) is 11.1 Å². The van der Waals surface area contributed by atoms with Crippen molar-refractivity contribution in [1.82, 2.24) is 10.6 Å². The van der Waals surface area contributed by atoms with E-state index in [1.807, 2.05) is 0 Å². The minimum absolute atomic E-state index is 0.0447. The quantitative estimate of drug-likeness (QED) is 0.530. The number of carbonyl (C=O) groups excluding carboxylic acids is 1. The molecule has 0 aromatic heterocycles. The zero-order valence-electron chi connectivity index (χ0n) is 20.7. The fraction of sp³-hybridized carbons (Fsp3) is 0.893. The molecule has 3 saturated heterocycles. The molecule has 0 radical (unpaired) electrons. The molecule has 3 aliphatic heterocycles. The SMILES string of the molecule is CC1=C2CC3C(CCC4CC(=O)NCCC43C)C2CCC2(C1)OC1CC(C)CNC1C2C. The number of piperidine rings is 1. The van der Waals surface area contributed by atoms with Gasteiger partial charge in [0, 0.05) is 24.9 Å². The van der Waals surface area contributed by atoms with Crippen LogP contribution in [-0.4, -0.2) is 36.7 Å². The molecule has 32 heavy (non-hydrogen) atoms. The predicted molar refractivity (Wildman–Crippen MR) is 127 cm³/mol. The van der Waals surface area contributed by atoms with Gasteiger partial charge in [-0.15, -0.1) is 0 Å². The number of hydrogen-bond donors (Lipinski definition) is 2. The molecule has 4 heteroatoms. The highest BCUT2D eigenvalue weighted by molar-refractivity contribution is 5.76. The van der Waals surface area contributed by atoms with Gasteiger partial charge in [0.05, 0.1) is 11.7 Å². The first-order valence-electron chi connectivity index (χ1n) is 13.7. The van der Waals surface area contributed by atoms with E-state index in [9.17, 15) is 4.79 Å². The van der Waals surface area contributed by atoms with Crippen molar-refractivity contribution in [2.24, 2.45) is 40.9 Å². The first-order chi connectivity index (χ1) is 15.3. The molecule has 3 heterocycles. The average molecular weight is 441 g/mol. The van der Waals surface area contributed by atoms with Gasteiger partial charge < -0.3 is 15.4 Å². The lowest BCUT2D eigenvalue weighted by Crippen LogP contribution is -2.48.